The van der Waals surface area contributed by atoms with Crippen LogP contribution in [0.3, 0.4) is 0 Å². The van der Waals surface area contributed by atoms with E-state index >= 15 is 0 Å². The lowest BCUT2D eigenvalue weighted by molar-refractivity contribution is -0.157. The molecule has 1 aliphatic heterocycles. The topological polar surface area (TPSA) is 70.7 Å². The van der Waals surface area contributed by atoms with Gasteiger partial charge in [-0.15, -0.1) is 0 Å². The number of carboxylic acid groups (broad SMARTS) is 1. The third-order valence-electron chi connectivity index (χ3n) is 3.67. The Hall–Kier alpha value is -2.11. The molecule has 0 saturated carbocycles. The zero-order chi connectivity index (χ0) is 15.9. The number of carboxylic acids is 1. The van der Waals surface area contributed by atoms with Gasteiger partial charge in [-0.25, -0.2) is 4.79 Å². The molecule has 1 aromatic rings. The summed E-state index contributed by atoms with van der Waals surface area (Å²) in [6.07, 6.45) is 1.46. The van der Waals surface area contributed by atoms with Crippen molar-refractivity contribution in [3.63, 3.8) is 0 Å². The number of hydrogen-bond acceptors (Lipinski definition) is 3. The second-order valence-corrected chi connectivity index (χ2v) is 5.96. The number of rotatable bonds is 3. The molecule has 3 rings (SSSR count). The molecule has 0 bridgehead atoms. The second-order valence-electron chi connectivity index (χ2n) is 5.16. The molecule has 1 heterocycles. The van der Waals surface area contributed by atoms with Crippen LogP contribution in [0.1, 0.15) is 12.5 Å². The number of carbonyl (C=O) groups is 1. The van der Waals surface area contributed by atoms with Crippen molar-refractivity contribution >= 4 is 21.9 Å². The number of fused-ring (bicyclic) bond motifs is 1. The summed E-state index contributed by atoms with van der Waals surface area (Å²) >= 11 is 3.45. The van der Waals surface area contributed by atoms with Gasteiger partial charge in [-0.3, -0.25) is 0 Å². The molecule has 112 valence electrons. The third kappa shape index (κ3) is 2.14. The van der Waals surface area contributed by atoms with Crippen molar-refractivity contribution in [2.45, 2.75) is 12.5 Å². The Morgan fingerprint density at radius 3 is 2.50 bits per heavy atom. The van der Waals surface area contributed by atoms with Crippen LogP contribution < -0.4 is 0 Å². The SMILES string of the molecule is CC(O)(C(=O)O)c1c2occcc-2c(-c2ccccc2)c1Br. The first-order valence-corrected chi connectivity index (χ1v) is 7.44. The molecule has 0 amide bonds. The fraction of sp³-hybridized carbons (Fsp3) is 0.118. The Labute approximate surface area is 135 Å². The minimum absolute atomic E-state index is 0.217. The molecule has 0 radical (unpaired) electrons. The molecule has 1 aliphatic carbocycles. The maximum Gasteiger partial charge on any atom is 0.340 e. The van der Waals surface area contributed by atoms with Gasteiger partial charge in [-0.1, -0.05) is 30.3 Å². The molecule has 4 nitrogen and oxygen atoms in total. The first kappa shape index (κ1) is 14.8. The lowest BCUT2D eigenvalue weighted by Gasteiger charge is -2.18. The van der Waals surface area contributed by atoms with E-state index in [0.717, 1.165) is 16.7 Å². The zero-order valence-corrected chi connectivity index (χ0v) is 13.3. The predicted octanol–water partition coefficient (Wildman–Crippen LogP) is 4.11. The van der Waals surface area contributed by atoms with E-state index in [1.54, 1.807) is 6.07 Å². The molecule has 2 aliphatic rings. The van der Waals surface area contributed by atoms with Crippen LogP contribution in [0.15, 0.2) is 57.6 Å². The molecule has 1 atom stereocenters. The van der Waals surface area contributed by atoms with E-state index in [-0.39, 0.29) is 5.56 Å². The first-order valence-electron chi connectivity index (χ1n) is 6.65. The van der Waals surface area contributed by atoms with E-state index in [0.29, 0.717) is 10.2 Å². The van der Waals surface area contributed by atoms with Crippen LogP contribution >= 0.6 is 15.9 Å². The quantitative estimate of drug-likeness (QED) is 0.737. The number of benzene rings is 1. The minimum atomic E-state index is -2.06. The molecule has 22 heavy (non-hydrogen) atoms. The summed E-state index contributed by atoms with van der Waals surface area (Å²) in [5.41, 5.74) is 0.617. The first-order chi connectivity index (χ1) is 10.4. The van der Waals surface area contributed by atoms with Crippen LogP contribution in [0, 0.1) is 0 Å². The van der Waals surface area contributed by atoms with E-state index in [2.05, 4.69) is 15.9 Å². The molecule has 1 aromatic carbocycles. The largest absolute Gasteiger partial charge is 0.479 e. The molecular formula is C17H13BrO4. The lowest BCUT2D eigenvalue weighted by atomic mass is 9.97. The smallest absolute Gasteiger partial charge is 0.340 e. The van der Waals surface area contributed by atoms with Crippen molar-refractivity contribution in [3.05, 3.63) is 58.8 Å². The Morgan fingerprint density at radius 1 is 1.18 bits per heavy atom. The van der Waals surface area contributed by atoms with Crippen LogP contribution in [-0.2, 0) is 10.4 Å². The van der Waals surface area contributed by atoms with E-state index in [9.17, 15) is 15.0 Å². The summed E-state index contributed by atoms with van der Waals surface area (Å²) in [5, 5.41) is 19.8. The predicted molar refractivity (Wildman–Crippen MR) is 85.7 cm³/mol. The highest BCUT2D eigenvalue weighted by atomic mass is 79.9. The van der Waals surface area contributed by atoms with Gasteiger partial charge in [-0.05, 0) is 40.5 Å². The summed E-state index contributed by atoms with van der Waals surface area (Å²) in [6.45, 7) is 1.24. The van der Waals surface area contributed by atoms with Gasteiger partial charge in [0.1, 0.15) is 5.76 Å². The van der Waals surface area contributed by atoms with Crippen molar-refractivity contribution in [1.29, 1.82) is 0 Å². The van der Waals surface area contributed by atoms with Gasteiger partial charge >= 0.3 is 5.97 Å². The van der Waals surface area contributed by atoms with E-state index in [1.165, 1.54) is 13.2 Å². The van der Waals surface area contributed by atoms with E-state index in [1.807, 2.05) is 36.4 Å². The third-order valence-corrected chi connectivity index (χ3v) is 4.47. The molecular weight excluding hydrogens is 348 g/mol. The zero-order valence-electron chi connectivity index (χ0n) is 11.7. The van der Waals surface area contributed by atoms with Gasteiger partial charge in [-0.2, -0.15) is 0 Å². The van der Waals surface area contributed by atoms with Crippen molar-refractivity contribution in [1.82, 2.24) is 0 Å². The second kappa shape index (κ2) is 5.26. The molecule has 0 aromatic heterocycles. The van der Waals surface area contributed by atoms with Gasteiger partial charge in [0.15, 0.2) is 5.60 Å². The van der Waals surface area contributed by atoms with Crippen molar-refractivity contribution in [3.8, 4) is 22.5 Å². The van der Waals surface area contributed by atoms with Crippen molar-refractivity contribution < 1.29 is 19.4 Å². The Kier molecular flexibility index (Phi) is 3.54. The molecule has 5 heteroatoms. The fourth-order valence-corrected chi connectivity index (χ4v) is 3.55. The van der Waals surface area contributed by atoms with Crippen LogP contribution in [0.2, 0.25) is 0 Å². The Morgan fingerprint density at radius 2 is 1.86 bits per heavy atom. The standard InChI is InChI=1S/C17H13BrO4/c1-17(21,16(19)20)13-14(18)12(10-6-3-2-4-7-10)11-8-5-9-22-15(11)13/h2-9,21H,1H3,(H,19,20). The number of hydrogen-bond donors (Lipinski definition) is 2. The summed E-state index contributed by atoms with van der Waals surface area (Å²) in [4.78, 5) is 11.5. The van der Waals surface area contributed by atoms with Gasteiger partial charge in [0, 0.05) is 15.6 Å². The monoisotopic (exact) mass is 360 g/mol. The van der Waals surface area contributed by atoms with Crippen molar-refractivity contribution in [2.75, 3.05) is 0 Å². The number of aliphatic carboxylic acids is 1. The molecule has 0 saturated heterocycles. The molecule has 0 fully saturated rings. The average Bonchev–Trinajstić information content (AvgIpc) is 2.80. The van der Waals surface area contributed by atoms with Gasteiger partial charge in [0.05, 0.1) is 11.8 Å². The van der Waals surface area contributed by atoms with E-state index < -0.39 is 11.6 Å². The summed E-state index contributed by atoms with van der Waals surface area (Å²) in [7, 11) is 0. The Balaban J connectivity index is 2.37. The van der Waals surface area contributed by atoms with Crippen LogP contribution in [0.5, 0.6) is 0 Å². The van der Waals surface area contributed by atoms with Crippen LogP contribution in [-0.4, -0.2) is 16.2 Å². The van der Waals surface area contributed by atoms with Gasteiger partial charge in [0.2, 0.25) is 0 Å². The normalized spacial score (nSPS) is 14.0. The number of aliphatic hydroxyl groups is 1. The highest BCUT2D eigenvalue weighted by Crippen LogP contribution is 2.49. The lowest BCUT2D eigenvalue weighted by Crippen LogP contribution is -2.32. The maximum absolute atomic E-state index is 11.5. The molecule has 1 unspecified atom stereocenters. The number of halogens is 1. The minimum Gasteiger partial charge on any atom is -0.479 e. The highest BCUT2D eigenvalue weighted by Gasteiger charge is 2.41. The van der Waals surface area contributed by atoms with Gasteiger partial charge in [0.25, 0.3) is 0 Å². The molecule has 2 N–H and O–H groups in total. The average molecular weight is 361 g/mol. The summed E-state index contributed by atoms with van der Waals surface area (Å²) in [6, 6.07) is 13.1. The maximum atomic E-state index is 11.5. The van der Waals surface area contributed by atoms with Crippen molar-refractivity contribution in [2.24, 2.45) is 0 Å². The highest BCUT2D eigenvalue weighted by molar-refractivity contribution is 9.10. The van der Waals surface area contributed by atoms with Crippen LogP contribution in [0.25, 0.3) is 22.5 Å². The van der Waals surface area contributed by atoms with Gasteiger partial charge < -0.3 is 14.6 Å². The Bertz CT molecular complexity index is 805. The van der Waals surface area contributed by atoms with E-state index in [4.69, 9.17) is 4.42 Å². The summed E-state index contributed by atoms with van der Waals surface area (Å²) in [5.74, 6) is -0.973. The molecule has 0 spiro atoms. The fourth-order valence-electron chi connectivity index (χ4n) is 2.54. The summed E-state index contributed by atoms with van der Waals surface area (Å²) < 4.78 is 6.03. The van der Waals surface area contributed by atoms with Crippen LogP contribution in [0.4, 0.5) is 0 Å².